The fourth-order valence-electron chi connectivity index (χ4n) is 2.16. The Labute approximate surface area is 132 Å². The van der Waals surface area contributed by atoms with Gasteiger partial charge in [0, 0.05) is 19.4 Å². The van der Waals surface area contributed by atoms with Gasteiger partial charge in [0.05, 0.1) is 17.5 Å². The normalized spacial score (nSPS) is 12.3. The van der Waals surface area contributed by atoms with E-state index < -0.39 is 17.2 Å². The first-order chi connectivity index (χ1) is 10.6. The van der Waals surface area contributed by atoms with Gasteiger partial charge in [0.1, 0.15) is 5.82 Å². The molecule has 1 heterocycles. The molecular formula is C16H18F3N3O. The van der Waals surface area contributed by atoms with E-state index in [1.807, 2.05) is 0 Å². The standard InChI is InChI=1S/C16H18F3N3O/c1-15(2,11-5-4-6-12(9-11)16(17,18)19)14(23)21-10-13-20-7-8-22(13)3/h4-9H,10H2,1-3H3,(H,21,23). The number of hydrogen-bond acceptors (Lipinski definition) is 2. The first-order valence-electron chi connectivity index (χ1n) is 7.04. The van der Waals surface area contributed by atoms with Crippen LogP contribution in [0.4, 0.5) is 13.2 Å². The average molecular weight is 325 g/mol. The van der Waals surface area contributed by atoms with Crippen molar-refractivity contribution in [3.8, 4) is 0 Å². The smallest absolute Gasteiger partial charge is 0.348 e. The van der Waals surface area contributed by atoms with E-state index in [1.54, 1.807) is 37.9 Å². The minimum atomic E-state index is -4.43. The molecule has 7 heteroatoms. The molecular weight excluding hydrogens is 307 g/mol. The summed E-state index contributed by atoms with van der Waals surface area (Å²) < 4.78 is 40.2. The number of hydrogen-bond donors (Lipinski definition) is 1. The summed E-state index contributed by atoms with van der Waals surface area (Å²) in [6.45, 7) is 3.40. The van der Waals surface area contributed by atoms with Gasteiger partial charge in [-0.25, -0.2) is 4.98 Å². The zero-order valence-electron chi connectivity index (χ0n) is 13.1. The van der Waals surface area contributed by atoms with Crippen LogP contribution in [0.5, 0.6) is 0 Å². The first kappa shape index (κ1) is 17.1. The number of halogens is 3. The molecule has 0 aliphatic carbocycles. The number of amides is 1. The molecule has 0 atom stereocenters. The lowest BCUT2D eigenvalue weighted by Crippen LogP contribution is -2.40. The van der Waals surface area contributed by atoms with Crippen molar-refractivity contribution in [3.63, 3.8) is 0 Å². The molecule has 2 rings (SSSR count). The molecule has 124 valence electrons. The van der Waals surface area contributed by atoms with Crippen LogP contribution in [-0.4, -0.2) is 15.5 Å². The molecule has 23 heavy (non-hydrogen) atoms. The van der Waals surface area contributed by atoms with E-state index in [2.05, 4.69) is 10.3 Å². The summed E-state index contributed by atoms with van der Waals surface area (Å²) in [5.74, 6) is 0.304. The second-order valence-electron chi connectivity index (χ2n) is 5.84. The average Bonchev–Trinajstić information content (AvgIpc) is 2.89. The van der Waals surface area contributed by atoms with E-state index in [-0.39, 0.29) is 12.5 Å². The summed E-state index contributed by atoms with van der Waals surface area (Å²) in [7, 11) is 1.80. The largest absolute Gasteiger partial charge is 0.416 e. The maximum absolute atomic E-state index is 12.8. The molecule has 4 nitrogen and oxygen atoms in total. The summed E-state index contributed by atoms with van der Waals surface area (Å²) in [4.78, 5) is 16.5. The summed E-state index contributed by atoms with van der Waals surface area (Å²) >= 11 is 0. The van der Waals surface area contributed by atoms with Gasteiger partial charge in [-0.2, -0.15) is 13.2 Å². The van der Waals surface area contributed by atoms with Crippen molar-refractivity contribution in [3.05, 3.63) is 53.6 Å². The van der Waals surface area contributed by atoms with Gasteiger partial charge in [-0.15, -0.1) is 0 Å². The number of nitrogens with one attached hydrogen (secondary N) is 1. The molecule has 0 radical (unpaired) electrons. The highest BCUT2D eigenvalue weighted by Crippen LogP contribution is 2.32. The molecule has 0 aliphatic rings. The molecule has 1 N–H and O–H groups in total. The second-order valence-corrected chi connectivity index (χ2v) is 5.84. The predicted octanol–water partition coefficient (Wildman–Crippen LogP) is 3.03. The monoisotopic (exact) mass is 325 g/mol. The van der Waals surface area contributed by atoms with Crippen LogP contribution in [0.2, 0.25) is 0 Å². The van der Waals surface area contributed by atoms with Gasteiger partial charge < -0.3 is 9.88 Å². The SMILES string of the molecule is Cn1ccnc1CNC(=O)C(C)(C)c1cccc(C(F)(F)F)c1. The highest BCUT2D eigenvalue weighted by Gasteiger charge is 2.34. The molecule has 1 amide bonds. The van der Waals surface area contributed by atoms with Crippen LogP contribution in [0.25, 0.3) is 0 Å². The number of carbonyl (C=O) groups is 1. The number of aromatic nitrogens is 2. The Hall–Kier alpha value is -2.31. The highest BCUT2D eigenvalue weighted by molar-refractivity contribution is 5.87. The summed E-state index contributed by atoms with van der Waals surface area (Å²) in [5, 5.41) is 2.72. The lowest BCUT2D eigenvalue weighted by Gasteiger charge is -2.25. The fourth-order valence-corrected chi connectivity index (χ4v) is 2.16. The Morgan fingerprint density at radius 3 is 2.48 bits per heavy atom. The first-order valence-corrected chi connectivity index (χ1v) is 7.04. The van der Waals surface area contributed by atoms with E-state index in [0.717, 1.165) is 12.1 Å². The molecule has 1 aromatic heterocycles. The zero-order valence-corrected chi connectivity index (χ0v) is 13.1. The summed E-state index contributed by atoms with van der Waals surface area (Å²) in [6.07, 6.45) is -1.08. The molecule has 0 fully saturated rings. The van der Waals surface area contributed by atoms with Crippen LogP contribution in [0.15, 0.2) is 36.7 Å². The number of benzene rings is 1. The maximum atomic E-state index is 12.8. The Bertz CT molecular complexity index is 705. The number of alkyl halides is 3. The summed E-state index contributed by atoms with van der Waals surface area (Å²) in [5.41, 5.74) is -1.54. The number of carbonyl (C=O) groups excluding carboxylic acids is 1. The second kappa shape index (κ2) is 6.06. The maximum Gasteiger partial charge on any atom is 0.416 e. The van der Waals surface area contributed by atoms with Crippen LogP contribution >= 0.6 is 0 Å². The van der Waals surface area contributed by atoms with E-state index in [0.29, 0.717) is 11.4 Å². The minimum absolute atomic E-state index is 0.213. The Morgan fingerprint density at radius 2 is 1.91 bits per heavy atom. The quantitative estimate of drug-likeness (QED) is 0.939. The molecule has 0 saturated heterocycles. The highest BCUT2D eigenvalue weighted by atomic mass is 19.4. The van der Waals surface area contributed by atoms with E-state index in [4.69, 9.17) is 0 Å². The van der Waals surface area contributed by atoms with Gasteiger partial charge in [0.2, 0.25) is 5.91 Å². The Morgan fingerprint density at radius 1 is 1.26 bits per heavy atom. The van der Waals surface area contributed by atoms with Gasteiger partial charge in [-0.05, 0) is 25.5 Å². The van der Waals surface area contributed by atoms with Gasteiger partial charge in [0.25, 0.3) is 0 Å². The Balaban J connectivity index is 2.17. The van der Waals surface area contributed by atoms with Crippen molar-refractivity contribution in [2.24, 2.45) is 7.05 Å². The third kappa shape index (κ3) is 3.72. The van der Waals surface area contributed by atoms with Gasteiger partial charge in [0.15, 0.2) is 0 Å². The third-order valence-electron chi connectivity index (χ3n) is 3.81. The number of aryl methyl sites for hydroxylation is 1. The topological polar surface area (TPSA) is 46.9 Å². The van der Waals surface area contributed by atoms with E-state index >= 15 is 0 Å². The number of nitrogens with zero attached hydrogens (tertiary/aromatic N) is 2. The van der Waals surface area contributed by atoms with Crippen LogP contribution < -0.4 is 5.32 Å². The van der Waals surface area contributed by atoms with Crippen molar-refractivity contribution in [1.82, 2.24) is 14.9 Å². The zero-order chi connectivity index (χ0) is 17.3. The summed E-state index contributed by atoms with van der Waals surface area (Å²) in [6, 6.07) is 4.84. The van der Waals surface area contributed by atoms with Crippen LogP contribution in [-0.2, 0) is 30.0 Å². The van der Waals surface area contributed by atoms with Crippen LogP contribution in [0.1, 0.15) is 30.8 Å². The van der Waals surface area contributed by atoms with Gasteiger partial charge >= 0.3 is 6.18 Å². The molecule has 0 saturated carbocycles. The van der Waals surface area contributed by atoms with Crippen molar-refractivity contribution in [2.75, 3.05) is 0 Å². The van der Waals surface area contributed by atoms with Crippen LogP contribution in [0.3, 0.4) is 0 Å². The molecule has 1 aromatic carbocycles. The van der Waals surface area contributed by atoms with Crippen molar-refractivity contribution < 1.29 is 18.0 Å². The number of imidazole rings is 1. The van der Waals surface area contributed by atoms with Crippen molar-refractivity contribution in [1.29, 1.82) is 0 Å². The molecule has 0 bridgehead atoms. The van der Waals surface area contributed by atoms with Crippen molar-refractivity contribution in [2.45, 2.75) is 32.0 Å². The van der Waals surface area contributed by atoms with E-state index in [9.17, 15) is 18.0 Å². The molecule has 2 aromatic rings. The Kier molecular flexibility index (Phi) is 4.49. The molecule has 0 unspecified atom stereocenters. The lowest BCUT2D eigenvalue weighted by molar-refractivity contribution is -0.138. The molecule has 0 aliphatic heterocycles. The van der Waals surface area contributed by atoms with Gasteiger partial charge in [-0.3, -0.25) is 4.79 Å². The van der Waals surface area contributed by atoms with Crippen molar-refractivity contribution >= 4 is 5.91 Å². The molecule has 0 spiro atoms. The minimum Gasteiger partial charge on any atom is -0.348 e. The van der Waals surface area contributed by atoms with Gasteiger partial charge in [-0.1, -0.05) is 18.2 Å². The lowest BCUT2D eigenvalue weighted by atomic mass is 9.83. The predicted molar refractivity (Wildman–Crippen MR) is 79.5 cm³/mol. The van der Waals surface area contributed by atoms with E-state index in [1.165, 1.54) is 12.1 Å². The van der Waals surface area contributed by atoms with Crippen LogP contribution in [0, 0.1) is 0 Å². The third-order valence-corrected chi connectivity index (χ3v) is 3.81. The fraction of sp³-hybridized carbons (Fsp3) is 0.375. The number of rotatable bonds is 4.